The van der Waals surface area contributed by atoms with Crippen molar-refractivity contribution in [1.29, 1.82) is 0 Å². The zero-order chi connectivity index (χ0) is 22.4. The van der Waals surface area contributed by atoms with E-state index in [0.29, 0.717) is 29.8 Å². The fraction of sp³-hybridized carbons (Fsp3) is 0.273. The number of hydrogen-bond acceptors (Lipinski definition) is 5. The summed E-state index contributed by atoms with van der Waals surface area (Å²) in [6.07, 6.45) is 0.549. The smallest absolute Gasteiger partial charge is 0.261 e. The lowest BCUT2D eigenvalue weighted by Crippen LogP contribution is -2.32. The Hall–Kier alpha value is -3.04. The molecule has 0 saturated heterocycles. The van der Waals surface area contributed by atoms with Crippen molar-refractivity contribution in [3.63, 3.8) is 0 Å². The normalized spacial score (nSPS) is 12.6. The van der Waals surface area contributed by atoms with Crippen molar-refractivity contribution < 1.29 is 23.9 Å². The maximum Gasteiger partial charge on any atom is 0.261 e. The molecule has 0 radical (unpaired) electrons. The van der Waals surface area contributed by atoms with Crippen LogP contribution in [0.2, 0.25) is 0 Å². The van der Waals surface area contributed by atoms with Gasteiger partial charge in [-0.05, 0) is 42.3 Å². The van der Waals surface area contributed by atoms with E-state index in [1.807, 2.05) is 6.07 Å². The molecule has 0 atom stereocenters. The molecule has 1 aliphatic heterocycles. The van der Waals surface area contributed by atoms with E-state index < -0.39 is 0 Å². The summed E-state index contributed by atoms with van der Waals surface area (Å²) in [6.45, 7) is 0.442. The van der Waals surface area contributed by atoms with Gasteiger partial charge >= 0.3 is 0 Å². The molecule has 1 heterocycles. The zero-order valence-electron chi connectivity index (χ0n) is 16.9. The second-order valence-corrected chi connectivity index (χ2v) is 7.93. The molecule has 31 heavy (non-hydrogen) atoms. The quantitative estimate of drug-likeness (QED) is 0.529. The van der Waals surface area contributed by atoms with E-state index in [-0.39, 0.29) is 43.2 Å². The van der Waals surface area contributed by atoms with Crippen LogP contribution in [-0.4, -0.2) is 48.8 Å². The van der Waals surface area contributed by atoms with Crippen LogP contribution in [0.25, 0.3) is 0 Å². The average molecular weight is 488 g/mol. The second-order valence-electron chi connectivity index (χ2n) is 7.01. The molecule has 0 fully saturated rings. The van der Waals surface area contributed by atoms with Gasteiger partial charge in [0, 0.05) is 36.8 Å². The third-order valence-electron chi connectivity index (χ3n) is 4.69. The van der Waals surface area contributed by atoms with E-state index >= 15 is 0 Å². The lowest BCUT2D eigenvalue weighted by molar-refractivity contribution is -0.121. The molecule has 0 unspecified atom stereocenters. The minimum Gasteiger partial charge on any atom is -0.375 e. The molecule has 162 valence electrons. The van der Waals surface area contributed by atoms with Crippen LogP contribution in [-0.2, 0) is 20.9 Å². The van der Waals surface area contributed by atoms with Gasteiger partial charge in [-0.3, -0.25) is 24.1 Å². The number of hydrogen-bond donors (Lipinski definition) is 2. The molecule has 3 rings (SSSR count). The Morgan fingerprint density at radius 2 is 1.81 bits per heavy atom. The third kappa shape index (κ3) is 5.77. The summed E-state index contributed by atoms with van der Waals surface area (Å²) in [5, 5.41) is 5.51. The first kappa shape index (κ1) is 22.6. The molecule has 9 heteroatoms. The highest BCUT2D eigenvalue weighted by Gasteiger charge is 2.35. The molecule has 0 bridgehead atoms. The molecule has 0 aliphatic carbocycles. The van der Waals surface area contributed by atoms with Crippen molar-refractivity contribution in [2.45, 2.75) is 19.4 Å². The predicted molar refractivity (Wildman–Crippen MR) is 118 cm³/mol. The highest BCUT2D eigenvalue weighted by molar-refractivity contribution is 9.10. The Morgan fingerprint density at radius 3 is 2.58 bits per heavy atom. The van der Waals surface area contributed by atoms with Crippen molar-refractivity contribution in [2.75, 3.05) is 25.6 Å². The van der Waals surface area contributed by atoms with E-state index in [1.165, 1.54) is 12.0 Å². The summed E-state index contributed by atoms with van der Waals surface area (Å²) < 4.78 is 5.51. The third-order valence-corrected chi connectivity index (χ3v) is 5.19. The molecule has 0 saturated carbocycles. The molecule has 4 amide bonds. The van der Waals surface area contributed by atoms with Crippen molar-refractivity contribution in [1.82, 2.24) is 10.2 Å². The predicted octanol–water partition coefficient (Wildman–Crippen LogP) is 2.73. The summed E-state index contributed by atoms with van der Waals surface area (Å²) in [5.41, 5.74) is 2.21. The van der Waals surface area contributed by atoms with Gasteiger partial charge in [-0.25, -0.2) is 0 Å². The lowest BCUT2D eigenvalue weighted by Gasteiger charge is -2.13. The molecular formula is C22H22BrN3O5. The van der Waals surface area contributed by atoms with Gasteiger partial charge in [0.25, 0.3) is 11.8 Å². The molecule has 2 aromatic rings. The lowest BCUT2D eigenvalue weighted by atomic mass is 10.1. The van der Waals surface area contributed by atoms with E-state index in [0.717, 1.165) is 10.0 Å². The SMILES string of the molecule is COCC(=O)Nc1cccc(CNC(=O)CCCN2C(=O)c3ccc(Br)cc3C2=O)c1. The first-order valence-electron chi connectivity index (χ1n) is 9.69. The molecule has 8 nitrogen and oxygen atoms in total. The average Bonchev–Trinajstić information content (AvgIpc) is 2.97. The monoisotopic (exact) mass is 487 g/mol. The first-order valence-corrected chi connectivity index (χ1v) is 10.5. The number of halogens is 1. The maximum absolute atomic E-state index is 12.4. The van der Waals surface area contributed by atoms with Gasteiger partial charge in [0.15, 0.2) is 0 Å². The minimum atomic E-state index is -0.339. The summed E-state index contributed by atoms with van der Waals surface area (Å²) in [5.74, 6) is -1.12. The van der Waals surface area contributed by atoms with Gasteiger partial charge in [0.1, 0.15) is 6.61 Å². The number of methoxy groups -OCH3 is 1. The fourth-order valence-electron chi connectivity index (χ4n) is 3.24. The Kier molecular flexibility index (Phi) is 7.54. The van der Waals surface area contributed by atoms with Gasteiger partial charge in [0.2, 0.25) is 11.8 Å². The van der Waals surface area contributed by atoms with Gasteiger partial charge in [-0.2, -0.15) is 0 Å². The Balaban J connectivity index is 1.45. The Morgan fingerprint density at radius 1 is 1.03 bits per heavy atom. The van der Waals surface area contributed by atoms with Crippen LogP contribution in [0.1, 0.15) is 39.1 Å². The molecule has 0 spiro atoms. The van der Waals surface area contributed by atoms with Crippen LogP contribution in [0, 0.1) is 0 Å². The number of nitrogens with zero attached hydrogens (tertiary/aromatic N) is 1. The number of anilines is 1. The molecule has 2 N–H and O–H groups in total. The van der Waals surface area contributed by atoms with Gasteiger partial charge in [-0.1, -0.05) is 28.1 Å². The van der Waals surface area contributed by atoms with E-state index in [1.54, 1.807) is 36.4 Å². The number of carbonyl (C=O) groups is 4. The van der Waals surface area contributed by atoms with E-state index in [9.17, 15) is 19.2 Å². The van der Waals surface area contributed by atoms with E-state index in [2.05, 4.69) is 26.6 Å². The fourth-order valence-corrected chi connectivity index (χ4v) is 3.60. The van der Waals surface area contributed by atoms with Crippen molar-refractivity contribution in [3.05, 3.63) is 63.6 Å². The van der Waals surface area contributed by atoms with Gasteiger partial charge in [-0.15, -0.1) is 0 Å². The number of carbonyl (C=O) groups excluding carboxylic acids is 4. The minimum absolute atomic E-state index is 0.0364. The Bertz CT molecular complexity index is 1020. The van der Waals surface area contributed by atoms with Gasteiger partial charge < -0.3 is 15.4 Å². The number of nitrogens with one attached hydrogen (secondary N) is 2. The number of fused-ring (bicyclic) bond motifs is 1. The summed E-state index contributed by atoms with van der Waals surface area (Å²) >= 11 is 3.30. The molecule has 2 aromatic carbocycles. The number of rotatable bonds is 9. The topological polar surface area (TPSA) is 105 Å². The highest BCUT2D eigenvalue weighted by atomic mass is 79.9. The second kappa shape index (κ2) is 10.3. The zero-order valence-corrected chi connectivity index (χ0v) is 18.5. The summed E-state index contributed by atoms with van der Waals surface area (Å²) in [7, 11) is 1.44. The Labute approximate surface area is 188 Å². The van der Waals surface area contributed by atoms with Crippen LogP contribution < -0.4 is 10.6 Å². The largest absolute Gasteiger partial charge is 0.375 e. The summed E-state index contributed by atoms with van der Waals surface area (Å²) in [6, 6.07) is 12.1. The first-order chi connectivity index (χ1) is 14.9. The van der Waals surface area contributed by atoms with Gasteiger partial charge in [0.05, 0.1) is 11.1 Å². The van der Waals surface area contributed by atoms with Crippen LogP contribution in [0.5, 0.6) is 0 Å². The molecular weight excluding hydrogens is 466 g/mol. The van der Waals surface area contributed by atoms with Crippen LogP contribution >= 0.6 is 15.9 Å². The number of imide groups is 1. The number of benzene rings is 2. The highest BCUT2D eigenvalue weighted by Crippen LogP contribution is 2.26. The van der Waals surface area contributed by atoms with Crippen molar-refractivity contribution >= 4 is 45.2 Å². The molecule has 1 aliphatic rings. The van der Waals surface area contributed by atoms with Crippen molar-refractivity contribution in [3.8, 4) is 0 Å². The standard InChI is InChI=1S/C22H22BrN3O5/c1-31-13-20(28)25-16-5-2-4-14(10-16)12-24-19(27)6-3-9-26-21(29)17-8-7-15(23)11-18(17)22(26)30/h2,4-5,7-8,10-11H,3,6,9,12-13H2,1H3,(H,24,27)(H,25,28). The van der Waals surface area contributed by atoms with E-state index in [4.69, 9.17) is 4.74 Å². The summed E-state index contributed by atoms with van der Waals surface area (Å²) in [4.78, 5) is 49.8. The number of amides is 4. The number of ether oxygens (including phenoxy) is 1. The van der Waals surface area contributed by atoms with Crippen LogP contribution in [0.15, 0.2) is 46.9 Å². The van der Waals surface area contributed by atoms with Crippen molar-refractivity contribution in [2.24, 2.45) is 0 Å². The molecule has 0 aromatic heterocycles. The van der Waals surface area contributed by atoms with Crippen LogP contribution in [0.4, 0.5) is 5.69 Å². The van der Waals surface area contributed by atoms with Crippen LogP contribution in [0.3, 0.4) is 0 Å². The maximum atomic E-state index is 12.4.